The highest BCUT2D eigenvalue weighted by molar-refractivity contribution is 6.33. The second-order valence-corrected chi connectivity index (χ2v) is 8.38. The van der Waals surface area contributed by atoms with Crippen molar-refractivity contribution >= 4 is 42.5 Å². The van der Waals surface area contributed by atoms with Gasteiger partial charge < -0.3 is 9.68 Å². The first kappa shape index (κ1) is 32.9. The minimum Gasteiger partial charge on any atom is -0.536 e. The smallest absolute Gasteiger partial charge is 0.536 e. The van der Waals surface area contributed by atoms with Crippen LogP contribution in [0.15, 0.2) is 48.8 Å². The number of alkyl halides is 6. The zero-order valence-corrected chi connectivity index (χ0v) is 22.4. The number of aryl methyl sites for hydroxylation is 2. The highest BCUT2D eigenvalue weighted by atomic mass is 35.5. The molecule has 0 amide bonds. The molecule has 0 fully saturated rings. The van der Waals surface area contributed by atoms with Gasteiger partial charge in [0.25, 0.3) is 0 Å². The predicted molar refractivity (Wildman–Crippen MR) is 135 cm³/mol. The molecular formula is C22H15BCl3F6N6O2. The summed E-state index contributed by atoms with van der Waals surface area (Å²) in [6.07, 6.45) is -6.92. The summed E-state index contributed by atoms with van der Waals surface area (Å²) in [5.74, 6) is 1.07. The van der Waals surface area contributed by atoms with Crippen molar-refractivity contribution in [2.24, 2.45) is 0 Å². The topological polar surface area (TPSA) is 107 Å². The molecule has 18 heteroatoms. The Balaban J connectivity index is 0.000000224. The Hall–Kier alpha value is -3.27. The summed E-state index contributed by atoms with van der Waals surface area (Å²) >= 11 is 16.8. The van der Waals surface area contributed by atoms with Gasteiger partial charge in [0.05, 0.1) is 11.9 Å². The van der Waals surface area contributed by atoms with Crippen LogP contribution in [0.25, 0.3) is 11.3 Å². The summed E-state index contributed by atoms with van der Waals surface area (Å²) in [6, 6.07) is 6.99. The van der Waals surface area contributed by atoms with E-state index in [0.717, 1.165) is 30.6 Å². The van der Waals surface area contributed by atoms with E-state index in [2.05, 4.69) is 34.6 Å². The molecule has 0 saturated heterocycles. The first-order chi connectivity index (χ1) is 18.6. The van der Waals surface area contributed by atoms with Crippen molar-refractivity contribution in [1.29, 1.82) is 0 Å². The van der Waals surface area contributed by atoms with Crippen LogP contribution >= 0.6 is 34.8 Å². The van der Waals surface area contributed by atoms with Crippen LogP contribution in [-0.4, -0.2) is 42.6 Å². The van der Waals surface area contributed by atoms with Crippen molar-refractivity contribution in [1.82, 2.24) is 29.9 Å². The Bertz CT molecular complexity index is 1330. The molecule has 1 N–H and O–H groups in total. The average Bonchev–Trinajstić information content (AvgIpc) is 2.83. The first-order valence-electron chi connectivity index (χ1n) is 10.5. The van der Waals surface area contributed by atoms with Gasteiger partial charge in [0, 0.05) is 23.9 Å². The van der Waals surface area contributed by atoms with Crippen molar-refractivity contribution in [2.45, 2.75) is 26.2 Å². The third kappa shape index (κ3) is 11.1. The van der Waals surface area contributed by atoms with Crippen LogP contribution in [-0.2, 0) is 12.4 Å². The predicted octanol–water partition coefficient (Wildman–Crippen LogP) is 6.62. The third-order valence-corrected chi connectivity index (χ3v) is 4.73. The van der Waals surface area contributed by atoms with Gasteiger partial charge in [-0.1, -0.05) is 34.8 Å². The van der Waals surface area contributed by atoms with Gasteiger partial charge in [-0.3, -0.25) is 4.98 Å². The molecule has 4 rings (SSSR count). The number of aromatic nitrogens is 6. The van der Waals surface area contributed by atoms with Gasteiger partial charge in [0.15, 0.2) is 0 Å². The van der Waals surface area contributed by atoms with E-state index in [-0.39, 0.29) is 10.9 Å². The Morgan fingerprint density at radius 3 is 1.55 bits per heavy atom. The lowest BCUT2D eigenvalue weighted by Gasteiger charge is -2.06. The summed E-state index contributed by atoms with van der Waals surface area (Å²) < 4.78 is 77.2. The molecular weight excluding hydrogens is 611 g/mol. The third-order valence-electron chi connectivity index (χ3n) is 4.15. The number of hydrogen-bond donors (Lipinski definition) is 1. The molecule has 0 aliphatic carbocycles. The standard InChI is InChI=1S/C11H7ClF3N3.C6H4BF3NO2.C5H4Cl2N2/c1-6-17-8(4-10(12)18-6)7-2-3-9(16-5-7)11(13,14)15;8-6(9,10)5-2-1-4(3-11-5)13-7-12;1-3-8-4(6)2-5(7)9-3/h2-5H,1H3;1-3,12H;2H,1H3. The Kier molecular flexibility index (Phi) is 11.9. The highest BCUT2D eigenvalue weighted by Crippen LogP contribution is 2.29. The number of hydrogen-bond acceptors (Lipinski definition) is 8. The van der Waals surface area contributed by atoms with Crippen molar-refractivity contribution < 1.29 is 36.0 Å². The largest absolute Gasteiger partial charge is 0.569 e. The molecule has 211 valence electrons. The second kappa shape index (κ2) is 14.4. The maximum Gasteiger partial charge on any atom is 0.569 e. The molecule has 4 heterocycles. The maximum absolute atomic E-state index is 12.3. The van der Waals surface area contributed by atoms with Crippen LogP contribution in [0.1, 0.15) is 23.0 Å². The summed E-state index contributed by atoms with van der Waals surface area (Å²) in [5.41, 5.74) is -1.05. The maximum atomic E-state index is 12.3. The summed E-state index contributed by atoms with van der Waals surface area (Å²) in [6.45, 7) is 3.38. The molecule has 8 nitrogen and oxygen atoms in total. The van der Waals surface area contributed by atoms with Crippen molar-refractivity contribution in [3.05, 3.63) is 87.3 Å². The van der Waals surface area contributed by atoms with Gasteiger partial charge in [-0.05, 0) is 38.1 Å². The zero-order chi connectivity index (χ0) is 30.1. The van der Waals surface area contributed by atoms with E-state index in [1.807, 2.05) is 0 Å². The Morgan fingerprint density at radius 1 is 0.700 bits per heavy atom. The summed E-state index contributed by atoms with van der Waals surface area (Å²) in [4.78, 5) is 22.0. The highest BCUT2D eigenvalue weighted by Gasteiger charge is 2.32. The number of pyridine rings is 2. The van der Waals surface area contributed by atoms with Crippen LogP contribution in [0, 0.1) is 13.8 Å². The van der Waals surface area contributed by atoms with Gasteiger partial charge in [0.1, 0.15) is 44.2 Å². The summed E-state index contributed by atoms with van der Waals surface area (Å²) in [5, 5.41) is 9.15. The van der Waals surface area contributed by atoms with E-state index < -0.39 is 23.7 Å². The van der Waals surface area contributed by atoms with E-state index in [1.54, 1.807) is 13.8 Å². The first-order valence-corrected chi connectivity index (χ1v) is 11.6. The van der Waals surface area contributed by atoms with Gasteiger partial charge >= 0.3 is 20.0 Å². The molecule has 0 spiro atoms. The molecule has 1 radical (unpaired) electrons. The molecule has 4 aromatic heterocycles. The lowest BCUT2D eigenvalue weighted by molar-refractivity contribution is -0.142. The van der Waals surface area contributed by atoms with Gasteiger partial charge in [0.2, 0.25) is 0 Å². The van der Waals surface area contributed by atoms with Crippen molar-refractivity contribution in [3.63, 3.8) is 0 Å². The fourth-order valence-electron chi connectivity index (χ4n) is 2.57. The van der Waals surface area contributed by atoms with Gasteiger partial charge in [-0.15, -0.1) is 0 Å². The molecule has 0 aliphatic rings. The minimum atomic E-state index is -4.46. The van der Waals surface area contributed by atoms with Crippen LogP contribution in [0.3, 0.4) is 0 Å². The van der Waals surface area contributed by atoms with Gasteiger partial charge in [-0.2, -0.15) is 26.3 Å². The lowest BCUT2D eigenvalue weighted by Crippen LogP contribution is -2.08. The van der Waals surface area contributed by atoms with E-state index in [9.17, 15) is 26.3 Å². The van der Waals surface area contributed by atoms with Crippen LogP contribution < -0.4 is 4.65 Å². The average molecular weight is 627 g/mol. The molecule has 0 atom stereocenters. The minimum absolute atomic E-state index is 0.0375. The molecule has 0 aliphatic heterocycles. The number of nitrogens with zero attached hydrogens (tertiary/aromatic N) is 6. The van der Waals surface area contributed by atoms with Crippen LogP contribution in [0.4, 0.5) is 26.3 Å². The second-order valence-electron chi connectivity index (χ2n) is 7.21. The normalized spacial score (nSPS) is 11.0. The molecule has 0 aromatic carbocycles. The summed E-state index contributed by atoms with van der Waals surface area (Å²) in [7, 11) is 0.365. The number of halogens is 9. The Morgan fingerprint density at radius 2 is 1.18 bits per heavy atom. The Labute approximate surface area is 238 Å². The molecule has 0 bridgehead atoms. The molecule has 0 unspecified atom stereocenters. The van der Waals surface area contributed by atoms with Crippen LogP contribution in [0.2, 0.25) is 15.5 Å². The van der Waals surface area contributed by atoms with Crippen molar-refractivity contribution in [3.8, 4) is 17.0 Å². The lowest BCUT2D eigenvalue weighted by atomic mass is 10.2. The van der Waals surface area contributed by atoms with E-state index >= 15 is 0 Å². The SMILES string of the molecule is Cc1nc(Cl)cc(-c2ccc(C(F)(F)F)nc2)n1.Cc1nc(Cl)cc(Cl)n1.O[B]Oc1ccc(C(F)(F)F)nc1. The molecule has 4 aromatic rings. The van der Waals surface area contributed by atoms with E-state index in [1.165, 1.54) is 18.2 Å². The van der Waals surface area contributed by atoms with Crippen molar-refractivity contribution in [2.75, 3.05) is 0 Å². The zero-order valence-electron chi connectivity index (χ0n) is 20.1. The van der Waals surface area contributed by atoms with Crippen LogP contribution in [0.5, 0.6) is 5.75 Å². The quantitative estimate of drug-likeness (QED) is 0.154. The fraction of sp³-hybridized carbons (Fsp3) is 0.182. The van der Waals surface area contributed by atoms with E-state index in [4.69, 9.17) is 39.8 Å². The molecule has 40 heavy (non-hydrogen) atoms. The monoisotopic (exact) mass is 625 g/mol. The van der Waals surface area contributed by atoms with Gasteiger partial charge in [-0.25, -0.2) is 24.9 Å². The molecule has 0 saturated carbocycles. The van der Waals surface area contributed by atoms with E-state index in [0.29, 0.717) is 40.9 Å². The fourth-order valence-corrected chi connectivity index (χ4v) is 3.30. The number of rotatable bonds is 3.